The SMILES string of the molecule is COc1ccc(-n2c(C)cc(/C=C3\C(=N)N4N=C(N5CCC(C)CC5)SC4=NC3=O)c2C)cc1. The number of aryl methyl sites for hydroxylation is 1. The predicted molar refractivity (Wildman–Crippen MR) is 137 cm³/mol. The molecule has 176 valence electrons. The van der Waals surface area contributed by atoms with Crippen LogP contribution >= 0.6 is 11.8 Å². The Balaban J connectivity index is 1.44. The van der Waals surface area contributed by atoms with Crippen LogP contribution in [-0.2, 0) is 4.79 Å². The number of hydrogen-bond donors (Lipinski definition) is 1. The van der Waals surface area contributed by atoms with Crippen LogP contribution in [-0.4, -0.2) is 56.8 Å². The molecule has 3 aliphatic rings. The molecule has 1 fully saturated rings. The van der Waals surface area contributed by atoms with E-state index in [9.17, 15) is 4.79 Å². The Morgan fingerprint density at radius 1 is 1.15 bits per heavy atom. The highest BCUT2D eigenvalue weighted by molar-refractivity contribution is 8.26. The number of ether oxygens (including phenoxy) is 1. The number of amidine groups is 3. The van der Waals surface area contributed by atoms with Gasteiger partial charge in [-0.25, -0.2) is 0 Å². The first-order chi connectivity index (χ1) is 16.4. The largest absolute Gasteiger partial charge is 0.497 e. The zero-order chi connectivity index (χ0) is 24.0. The van der Waals surface area contributed by atoms with Gasteiger partial charge in [0.2, 0.25) is 5.17 Å². The summed E-state index contributed by atoms with van der Waals surface area (Å²) in [5.41, 5.74) is 4.14. The van der Waals surface area contributed by atoms with Crippen molar-refractivity contribution in [1.29, 1.82) is 5.41 Å². The summed E-state index contributed by atoms with van der Waals surface area (Å²) in [6.07, 6.45) is 4.00. The number of aliphatic imine (C=N–C) groups is 1. The minimum Gasteiger partial charge on any atom is -0.497 e. The zero-order valence-corrected chi connectivity index (χ0v) is 20.6. The molecular formula is C25H28N6O2S. The number of thioether (sulfide) groups is 1. The van der Waals surface area contributed by atoms with Gasteiger partial charge < -0.3 is 14.2 Å². The molecule has 3 aliphatic heterocycles. The number of methoxy groups -OCH3 is 1. The van der Waals surface area contributed by atoms with Gasteiger partial charge in [0.15, 0.2) is 11.0 Å². The number of piperidine rings is 1. The number of hydrazone groups is 1. The van der Waals surface area contributed by atoms with Crippen molar-refractivity contribution in [1.82, 2.24) is 14.5 Å². The Bertz CT molecular complexity index is 1250. The van der Waals surface area contributed by atoms with Gasteiger partial charge in [-0.05, 0) is 86.3 Å². The maximum absolute atomic E-state index is 12.9. The Hall–Kier alpha value is -3.33. The van der Waals surface area contributed by atoms with Gasteiger partial charge in [0.1, 0.15) is 5.75 Å². The smallest absolute Gasteiger partial charge is 0.283 e. The number of amides is 1. The molecule has 0 saturated carbocycles. The van der Waals surface area contributed by atoms with Crippen LogP contribution in [0.4, 0.5) is 0 Å². The first-order valence-electron chi connectivity index (χ1n) is 11.4. The van der Waals surface area contributed by atoms with E-state index >= 15 is 0 Å². The summed E-state index contributed by atoms with van der Waals surface area (Å²) in [4.78, 5) is 19.4. The Morgan fingerprint density at radius 3 is 2.53 bits per heavy atom. The van der Waals surface area contributed by atoms with Crippen LogP contribution in [0.25, 0.3) is 11.8 Å². The Kier molecular flexibility index (Phi) is 5.81. The van der Waals surface area contributed by atoms with Crippen molar-refractivity contribution in [2.45, 2.75) is 33.6 Å². The third-order valence-electron chi connectivity index (χ3n) is 6.60. The van der Waals surface area contributed by atoms with E-state index in [0.717, 1.165) is 65.4 Å². The molecule has 0 atom stereocenters. The summed E-state index contributed by atoms with van der Waals surface area (Å²) >= 11 is 1.38. The van der Waals surface area contributed by atoms with Crippen molar-refractivity contribution in [3.8, 4) is 11.4 Å². The van der Waals surface area contributed by atoms with Gasteiger partial charge >= 0.3 is 0 Å². The summed E-state index contributed by atoms with van der Waals surface area (Å²) < 4.78 is 7.39. The van der Waals surface area contributed by atoms with Crippen LogP contribution in [0.3, 0.4) is 0 Å². The molecule has 2 aromatic rings. The molecule has 5 rings (SSSR count). The summed E-state index contributed by atoms with van der Waals surface area (Å²) in [5.74, 6) is 1.18. The normalized spacial score (nSPS) is 20.1. The minimum atomic E-state index is -0.401. The van der Waals surface area contributed by atoms with Crippen LogP contribution < -0.4 is 4.74 Å². The highest BCUT2D eigenvalue weighted by atomic mass is 32.2. The van der Waals surface area contributed by atoms with Gasteiger partial charge in [0.25, 0.3) is 5.91 Å². The second-order valence-corrected chi connectivity index (χ2v) is 9.87. The topological polar surface area (TPSA) is 86.3 Å². The van der Waals surface area contributed by atoms with Crippen molar-refractivity contribution >= 4 is 39.9 Å². The number of nitrogens with one attached hydrogen (secondary N) is 1. The first kappa shape index (κ1) is 22.5. The van der Waals surface area contributed by atoms with Gasteiger partial charge in [0, 0.05) is 30.2 Å². The molecular weight excluding hydrogens is 448 g/mol. The van der Waals surface area contributed by atoms with Crippen molar-refractivity contribution in [2.24, 2.45) is 16.0 Å². The van der Waals surface area contributed by atoms with Gasteiger partial charge in [-0.15, -0.1) is 5.10 Å². The van der Waals surface area contributed by atoms with Crippen LogP contribution in [0.1, 0.15) is 36.7 Å². The average Bonchev–Trinajstić information content (AvgIpc) is 3.37. The predicted octanol–water partition coefficient (Wildman–Crippen LogP) is 4.41. The monoisotopic (exact) mass is 476 g/mol. The fraction of sp³-hybridized carbons (Fsp3) is 0.360. The number of carbonyl (C=O) groups is 1. The van der Waals surface area contributed by atoms with Crippen LogP contribution in [0.2, 0.25) is 0 Å². The first-order valence-corrected chi connectivity index (χ1v) is 12.3. The van der Waals surface area contributed by atoms with Gasteiger partial charge in [-0.3, -0.25) is 10.2 Å². The maximum atomic E-state index is 12.9. The summed E-state index contributed by atoms with van der Waals surface area (Å²) in [5, 5.41) is 16.2. The minimum absolute atomic E-state index is 0.0668. The molecule has 1 aromatic heterocycles. The molecule has 4 heterocycles. The van der Waals surface area contributed by atoms with Crippen LogP contribution in [0, 0.1) is 25.2 Å². The lowest BCUT2D eigenvalue weighted by Crippen LogP contribution is -2.36. The second-order valence-electron chi connectivity index (χ2n) is 8.93. The third-order valence-corrected chi connectivity index (χ3v) is 7.57. The highest BCUT2D eigenvalue weighted by Gasteiger charge is 2.38. The fourth-order valence-corrected chi connectivity index (χ4v) is 5.47. The second kappa shape index (κ2) is 8.79. The molecule has 1 amide bonds. The van der Waals surface area contributed by atoms with E-state index < -0.39 is 5.91 Å². The molecule has 0 spiro atoms. The molecule has 9 heteroatoms. The van der Waals surface area contributed by atoms with E-state index in [1.165, 1.54) is 16.8 Å². The van der Waals surface area contributed by atoms with E-state index in [1.807, 2.05) is 44.2 Å². The number of rotatable bonds is 3. The van der Waals surface area contributed by atoms with Crippen molar-refractivity contribution in [3.63, 3.8) is 0 Å². The molecule has 0 unspecified atom stereocenters. The van der Waals surface area contributed by atoms with E-state index in [4.69, 9.17) is 10.1 Å². The maximum Gasteiger partial charge on any atom is 0.283 e. The molecule has 8 nitrogen and oxygen atoms in total. The molecule has 0 radical (unpaired) electrons. The fourth-order valence-electron chi connectivity index (χ4n) is 4.53. The number of hydrogen-bond acceptors (Lipinski definition) is 6. The number of nitrogens with zero attached hydrogens (tertiary/aromatic N) is 5. The van der Waals surface area contributed by atoms with Crippen LogP contribution in [0.5, 0.6) is 5.75 Å². The molecule has 0 aliphatic carbocycles. The lowest BCUT2D eigenvalue weighted by molar-refractivity contribution is -0.114. The van der Waals surface area contributed by atoms with Crippen LogP contribution in [0.15, 0.2) is 46.0 Å². The highest BCUT2D eigenvalue weighted by Crippen LogP contribution is 2.32. The number of benzene rings is 1. The number of carbonyl (C=O) groups excluding carboxylic acids is 1. The number of aromatic nitrogens is 1. The number of fused-ring (bicyclic) bond motifs is 1. The molecule has 1 N–H and O–H groups in total. The van der Waals surface area contributed by atoms with Gasteiger partial charge in [-0.2, -0.15) is 10.0 Å². The van der Waals surface area contributed by atoms with Gasteiger partial charge in [0.05, 0.1) is 12.7 Å². The lowest BCUT2D eigenvalue weighted by atomic mass is 10.00. The zero-order valence-electron chi connectivity index (χ0n) is 19.8. The quantitative estimate of drug-likeness (QED) is 0.663. The lowest BCUT2D eigenvalue weighted by Gasteiger charge is -2.30. The van der Waals surface area contributed by atoms with E-state index in [0.29, 0.717) is 5.17 Å². The standard InChI is InChI=1S/C25H28N6O2S/c1-15-9-11-29(12-10-15)25-28-31-22(26)21(23(32)27-24(31)34-25)14-18-13-16(2)30(17(18)3)19-5-7-20(33-4)8-6-19/h5-8,13-15,26H,9-12H2,1-4H3/b21-14+,26-22?. The Labute approximate surface area is 203 Å². The van der Waals surface area contributed by atoms with E-state index in [1.54, 1.807) is 13.2 Å². The van der Waals surface area contributed by atoms with Gasteiger partial charge in [-0.1, -0.05) is 6.92 Å². The van der Waals surface area contributed by atoms with Crippen molar-refractivity contribution in [3.05, 3.63) is 52.9 Å². The Morgan fingerprint density at radius 2 is 1.85 bits per heavy atom. The van der Waals surface area contributed by atoms with E-state index in [2.05, 4.69) is 26.5 Å². The number of likely N-dealkylation sites (tertiary alicyclic amines) is 1. The molecule has 1 saturated heterocycles. The summed E-state index contributed by atoms with van der Waals surface area (Å²) in [6.45, 7) is 8.18. The third kappa shape index (κ3) is 3.94. The molecule has 0 bridgehead atoms. The molecule has 1 aromatic carbocycles. The van der Waals surface area contributed by atoms with E-state index in [-0.39, 0.29) is 11.4 Å². The summed E-state index contributed by atoms with van der Waals surface area (Å²) in [6, 6.07) is 9.87. The average molecular weight is 477 g/mol. The van der Waals surface area contributed by atoms with Crippen molar-refractivity contribution in [2.75, 3.05) is 20.2 Å². The molecule has 34 heavy (non-hydrogen) atoms. The van der Waals surface area contributed by atoms with Crippen molar-refractivity contribution < 1.29 is 9.53 Å². The summed E-state index contributed by atoms with van der Waals surface area (Å²) in [7, 11) is 1.65.